The number of benzene rings is 1. The molecule has 0 aromatic heterocycles. The molecule has 0 fully saturated rings. The van der Waals surface area contributed by atoms with Gasteiger partial charge in [0.15, 0.2) is 5.17 Å². The summed E-state index contributed by atoms with van der Waals surface area (Å²) in [6.07, 6.45) is 7.33. The molecule has 2 rings (SSSR count). The van der Waals surface area contributed by atoms with Crippen LogP contribution in [0.25, 0.3) is 5.70 Å². The van der Waals surface area contributed by atoms with Crippen molar-refractivity contribution >= 4 is 44.8 Å². The summed E-state index contributed by atoms with van der Waals surface area (Å²) in [5.74, 6) is -0.391. The Kier molecular flexibility index (Phi) is 6.62. The van der Waals surface area contributed by atoms with Crippen molar-refractivity contribution in [3.63, 3.8) is 0 Å². The van der Waals surface area contributed by atoms with E-state index in [0.29, 0.717) is 21.3 Å². The SMILES string of the molecule is CSC1=NC(/C(C=NC(C)C)=C(/N)c2cccc(Br)c2F)C=CN1. The minimum atomic E-state index is -0.391. The van der Waals surface area contributed by atoms with Crippen LogP contribution in [0.15, 0.2) is 50.5 Å². The van der Waals surface area contributed by atoms with Crippen LogP contribution in [0.5, 0.6) is 0 Å². The second kappa shape index (κ2) is 8.48. The largest absolute Gasteiger partial charge is 0.398 e. The first-order chi connectivity index (χ1) is 11.4. The van der Waals surface area contributed by atoms with E-state index in [1.165, 1.54) is 11.8 Å². The molecule has 0 saturated carbocycles. The summed E-state index contributed by atoms with van der Waals surface area (Å²) in [4.78, 5) is 9.02. The first kappa shape index (κ1) is 18.7. The van der Waals surface area contributed by atoms with E-state index >= 15 is 0 Å². The predicted octanol–water partition coefficient (Wildman–Crippen LogP) is 3.94. The molecular weight excluding hydrogens is 391 g/mol. The van der Waals surface area contributed by atoms with Crippen molar-refractivity contribution < 1.29 is 4.39 Å². The Morgan fingerprint density at radius 1 is 1.50 bits per heavy atom. The molecule has 0 amide bonds. The molecule has 4 nitrogen and oxygen atoms in total. The summed E-state index contributed by atoms with van der Waals surface area (Å²) < 4.78 is 14.8. The number of halogens is 2. The van der Waals surface area contributed by atoms with Gasteiger partial charge in [0.05, 0.1) is 4.47 Å². The molecule has 1 heterocycles. The van der Waals surface area contributed by atoms with Gasteiger partial charge in [0, 0.05) is 35.3 Å². The molecule has 1 aliphatic heterocycles. The molecule has 3 N–H and O–H groups in total. The highest BCUT2D eigenvalue weighted by Crippen LogP contribution is 2.26. The minimum absolute atomic E-state index is 0.106. The van der Waals surface area contributed by atoms with Gasteiger partial charge in [-0.15, -0.1) is 0 Å². The zero-order chi connectivity index (χ0) is 17.7. The molecule has 1 aromatic carbocycles. The van der Waals surface area contributed by atoms with Crippen molar-refractivity contribution in [1.29, 1.82) is 0 Å². The molecule has 1 atom stereocenters. The molecule has 128 valence electrons. The van der Waals surface area contributed by atoms with Gasteiger partial charge in [-0.25, -0.2) is 9.38 Å². The fourth-order valence-electron chi connectivity index (χ4n) is 2.10. The maximum atomic E-state index is 14.4. The normalized spacial score (nSPS) is 18.6. The van der Waals surface area contributed by atoms with Crippen molar-refractivity contribution in [2.45, 2.75) is 25.9 Å². The van der Waals surface area contributed by atoms with Crippen LogP contribution in [0.1, 0.15) is 19.4 Å². The Balaban J connectivity index is 2.56. The van der Waals surface area contributed by atoms with Gasteiger partial charge in [0.2, 0.25) is 0 Å². The topological polar surface area (TPSA) is 62.8 Å². The van der Waals surface area contributed by atoms with Gasteiger partial charge in [0.1, 0.15) is 11.9 Å². The van der Waals surface area contributed by atoms with Crippen molar-refractivity contribution in [2.75, 3.05) is 6.26 Å². The summed E-state index contributed by atoms with van der Waals surface area (Å²) in [5, 5.41) is 3.84. The first-order valence-corrected chi connectivity index (χ1v) is 9.48. The van der Waals surface area contributed by atoms with Gasteiger partial charge in [0.25, 0.3) is 0 Å². The van der Waals surface area contributed by atoms with E-state index in [-0.39, 0.29) is 12.1 Å². The van der Waals surface area contributed by atoms with Crippen LogP contribution >= 0.6 is 27.7 Å². The smallest absolute Gasteiger partial charge is 0.161 e. The van der Waals surface area contributed by atoms with E-state index in [1.807, 2.05) is 32.4 Å². The molecule has 0 spiro atoms. The molecule has 0 radical (unpaired) electrons. The molecule has 0 aliphatic carbocycles. The van der Waals surface area contributed by atoms with E-state index in [4.69, 9.17) is 5.73 Å². The average Bonchev–Trinajstić information content (AvgIpc) is 2.57. The van der Waals surface area contributed by atoms with Gasteiger partial charge in [-0.1, -0.05) is 17.8 Å². The fraction of sp³-hybridized carbons (Fsp3) is 0.294. The number of thioether (sulfide) groups is 1. The third-order valence-corrected chi connectivity index (χ3v) is 4.54. The summed E-state index contributed by atoms with van der Waals surface area (Å²) in [7, 11) is 0. The lowest BCUT2D eigenvalue weighted by molar-refractivity contribution is 0.617. The molecule has 0 saturated heterocycles. The zero-order valence-electron chi connectivity index (χ0n) is 13.8. The van der Waals surface area contributed by atoms with Gasteiger partial charge in [-0.3, -0.25) is 4.99 Å². The number of nitrogens with one attached hydrogen (secondary N) is 1. The number of hydrogen-bond acceptors (Lipinski definition) is 5. The van der Waals surface area contributed by atoms with Crippen LogP contribution in [0.2, 0.25) is 0 Å². The van der Waals surface area contributed by atoms with Crippen molar-refractivity contribution in [3.05, 3.63) is 51.9 Å². The van der Waals surface area contributed by atoms with E-state index in [1.54, 1.807) is 24.4 Å². The molecule has 1 aromatic rings. The lowest BCUT2D eigenvalue weighted by Gasteiger charge is -2.19. The number of nitrogens with two attached hydrogens (primary N) is 1. The van der Waals surface area contributed by atoms with E-state index in [0.717, 1.165) is 5.17 Å². The average molecular weight is 411 g/mol. The quantitative estimate of drug-likeness (QED) is 0.738. The van der Waals surface area contributed by atoms with E-state index < -0.39 is 5.82 Å². The standard InChI is InChI=1S/C17H20BrFN4S/c1-10(2)22-9-12(14-7-8-21-17(23-14)24-3)16(20)11-5-4-6-13(18)15(11)19/h4-10,14H,20H2,1-3H3,(H,21,23)/b16-12+,22-9?. The molecule has 24 heavy (non-hydrogen) atoms. The van der Waals surface area contributed by atoms with Crippen molar-refractivity contribution in [3.8, 4) is 0 Å². The molecule has 7 heteroatoms. The Morgan fingerprint density at radius 2 is 2.25 bits per heavy atom. The summed E-state index contributed by atoms with van der Waals surface area (Å²) >= 11 is 4.70. The molecule has 0 bridgehead atoms. The first-order valence-electron chi connectivity index (χ1n) is 7.46. The summed E-state index contributed by atoms with van der Waals surface area (Å²) in [5.41, 5.74) is 7.65. The third-order valence-electron chi connectivity index (χ3n) is 3.32. The number of aliphatic imine (C=N–C) groups is 2. The Hall–Kier alpha value is -1.60. The monoisotopic (exact) mass is 410 g/mol. The van der Waals surface area contributed by atoms with Crippen LogP contribution in [0.3, 0.4) is 0 Å². The van der Waals surface area contributed by atoms with Crippen molar-refractivity contribution in [2.24, 2.45) is 15.7 Å². The minimum Gasteiger partial charge on any atom is -0.398 e. The van der Waals surface area contributed by atoms with Crippen LogP contribution in [-0.4, -0.2) is 29.7 Å². The van der Waals surface area contributed by atoms with Gasteiger partial charge in [-0.05, 0) is 54.2 Å². The van der Waals surface area contributed by atoms with E-state index in [2.05, 4.69) is 31.2 Å². The lowest BCUT2D eigenvalue weighted by atomic mass is 10.0. The highest BCUT2D eigenvalue weighted by molar-refractivity contribution is 9.10. The number of amidine groups is 1. The maximum Gasteiger partial charge on any atom is 0.161 e. The lowest BCUT2D eigenvalue weighted by Crippen LogP contribution is -2.25. The number of hydrogen-bond donors (Lipinski definition) is 2. The Bertz CT molecular complexity index is 725. The van der Waals surface area contributed by atoms with Crippen LogP contribution < -0.4 is 11.1 Å². The molecule has 1 aliphatic rings. The number of nitrogens with zero attached hydrogens (tertiary/aromatic N) is 2. The van der Waals surface area contributed by atoms with Crippen molar-refractivity contribution in [1.82, 2.24) is 5.32 Å². The summed E-state index contributed by atoms with van der Waals surface area (Å²) in [6, 6.07) is 4.84. The van der Waals surface area contributed by atoms with Crippen LogP contribution in [-0.2, 0) is 0 Å². The van der Waals surface area contributed by atoms with Gasteiger partial charge >= 0.3 is 0 Å². The Morgan fingerprint density at radius 3 is 2.92 bits per heavy atom. The number of rotatable bonds is 4. The summed E-state index contributed by atoms with van der Waals surface area (Å²) in [6.45, 7) is 3.94. The van der Waals surface area contributed by atoms with Gasteiger partial charge < -0.3 is 11.1 Å². The maximum absolute atomic E-state index is 14.4. The second-order valence-corrected chi connectivity index (χ2v) is 7.08. The predicted molar refractivity (Wildman–Crippen MR) is 106 cm³/mol. The third kappa shape index (κ3) is 4.48. The molecular formula is C17H20BrFN4S. The fourth-order valence-corrected chi connectivity index (χ4v) is 2.87. The van der Waals surface area contributed by atoms with Gasteiger partial charge in [-0.2, -0.15) is 0 Å². The van der Waals surface area contributed by atoms with E-state index in [9.17, 15) is 4.39 Å². The highest BCUT2D eigenvalue weighted by atomic mass is 79.9. The zero-order valence-corrected chi connectivity index (χ0v) is 16.2. The molecule has 1 unspecified atom stereocenters. The van der Waals surface area contributed by atoms with Crippen LogP contribution in [0, 0.1) is 5.82 Å². The van der Waals surface area contributed by atoms with Crippen LogP contribution in [0.4, 0.5) is 4.39 Å². The second-order valence-electron chi connectivity index (χ2n) is 5.43. The highest BCUT2D eigenvalue weighted by Gasteiger charge is 2.19. The Labute approximate surface area is 154 Å².